The van der Waals surface area contributed by atoms with Gasteiger partial charge in [-0.3, -0.25) is 4.99 Å². The van der Waals surface area contributed by atoms with E-state index in [1.807, 2.05) is 6.92 Å². The monoisotopic (exact) mass is 409 g/mol. The van der Waals surface area contributed by atoms with Crippen molar-refractivity contribution in [2.24, 2.45) is 10.9 Å². The third-order valence-electron chi connectivity index (χ3n) is 2.75. The van der Waals surface area contributed by atoms with Gasteiger partial charge in [-0.1, -0.05) is 19.0 Å². The molecule has 0 saturated carbocycles. The van der Waals surface area contributed by atoms with Gasteiger partial charge in [0.15, 0.2) is 11.8 Å². The maximum Gasteiger partial charge on any atom is 0.228 e. The maximum absolute atomic E-state index is 5.07. The van der Waals surface area contributed by atoms with Gasteiger partial charge in [-0.15, -0.1) is 24.0 Å². The van der Waals surface area contributed by atoms with Gasteiger partial charge in [-0.05, 0) is 32.6 Å². The lowest BCUT2D eigenvalue weighted by Crippen LogP contribution is -2.38. The number of guanidine groups is 1. The average Bonchev–Trinajstić information content (AvgIpc) is 2.80. The summed E-state index contributed by atoms with van der Waals surface area (Å²) in [4.78, 5) is 8.72. The van der Waals surface area contributed by atoms with Gasteiger partial charge in [0, 0.05) is 26.1 Å². The second kappa shape index (κ2) is 11.8. The Hall–Kier alpha value is -0.860. The van der Waals surface area contributed by atoms with Crippen LogP contribution in [0, 0.1) is 12.8 Å². The fourth-order valence-corrected chi connectivity index (χ4v) is 1.76. The molecular weight excluding hydrogens is 381 g/mol. The summed E-state index contributed by atoms with van der Waals surface area (Å²) < 4.78 is 5.07. The molecule has 0 radical (unpaired) electrons. The number of halogens is 1. The molecule has 1 rings (SSSR count). The second-order valence-electron chi connectivity index (χ2n) is 5.21. The lowest BCUT2D eigenvalue weighted by molar-refractivity contribution is 0.374. The highest BCUT2D eigenvalue weighted by Gasteiger charge is 2.03. The van der Waals surface area contributed by atoms with E-state index in [-0.39, 0.29) is 24.0 Å². The van der Waals surface area contributed by atoms with Crippen LogP contribution in [0.2, 0.25) is 0 Å². The predicted molar refractivity (Wildman–Crippen MR) is 96.2 cm³/mol. The van der Waals surface area contributed by atoms with Crippen molar-refractivity contribution < 1.29 is 4.52 Å². The van der Waals surface area contributed by atoms with Crippen molar-refractivity contribution in [3.05, 3.63) is 11.7 Å². The SMILES string of the molecule is CCNC(=NCCCC(C)C)NCCc1nc(C)no1.I. The molecule has 0 saturated heterocycles. The number of nitrogens with one attached hydrogen (secondary N) is 2. The van der Waals surface area contributed by atoms with Crippen LogP contribution in [0.4, 0.5) is 0 Å². The summed E-state index contributed by atoms with van der Waals surface area (Å²) >= 11 is 0. The summed E-state index contributed by atoms with van der Waals surface area (Å²) in [5.41, 5.74) is 0. The number of hydrogen-bond donors (Lipinski definition) is 2. The Morgan fingerprint density at radius 1 is 1.33 bits per heavy atom. The van der Waals surface area contributed by atoms with E-state index in [0.29, 0.717) is 18.1 Å². The molecule has 7 heteroatoms. The number of aromatic nitrogens is 2. The van der Waals surface area contributed by atoms with Gasteiger partial charge >= 0.3 is 0 Å². The number of hydrogen-bond acceptors (Lipinski definition) is 4. The minimum atomic E-state index is 0. The molecule has 0 aliphatic rings. The fraction of sp³-hybridized carbons (Fsp3) is 0.786. The van der Waals surface area contributed by atoms with E-state index < -0.39 is 0 Å². The first-order valence-corrected chi connectivity index (χ1v) is 7.43. The molecule has 2 N–H and O–H groups in total. The Morgan fingerprint density at radius 3 is 2.67 bits per heavy atom. The normalized spacial score (nSPS) is 11.4. The molecule has 0 fully saturated rings. The molecule has 0 aromatic carbocycles. The van der Waals surface area contributed by atoms with Crippen molar-refractivity contribution in [1.82, 2.24) is 20.8 Å². The minimum absolute atomic E-state index is 0. The molecular formula is C14H28IN5O. The van der Waals surface area contributed by atoms with Crippen LogP contribution >= 0.6 is 24.0 Å². The van der Waals surface area contributed by atoms with Gasteiger partial charge in [-0.2, -0.15) is 4.98 Å². The highest BCUT2D eigenvalue weighted by molar-refractivity contribution is 14.0. The molecule has 1 aromatic heterocycles. The van der Waals surface area contributed by atoms with Crippen LogP contribution in [-0.4, -0.2) is 35.7 Å². The van der Waals surface area contributed by atoms with Crippen molar-refractivity contribution in [2.45, 2.75) is 47.0 Å². The highest BCUT2D eigenvalue weighted by atomic mass is 127. The van der Waals surface area contributed by atoms with Crippen LogP contribution < -0.4 is 10.6 Å². The molecule has 0 unspecified atom stereocenters. The first-order chi connectivity index (χ1) is 9.61. The number of nitrogens with zero attached hydrogens (tertiary/aromatic N) is 3. The quantitative estimate of drug-likeness (QED) is 0.299. The summed E-state index contributed by atoms with van der Waals surface area (Å²) in [6, 6.07) is 0. The Morgan fingerprint density at radius 2 is 2.10 bits per heavy atom. The fourth-order valence-electron chi connectivity index (χ4n) is 1.76. The van der Waals surface area contributed by atoms with E-state index in [1.165, 1.54) is 6.42 Å². The van der Waals surface area contributed by atoms with Crippen molar-refractivity contribution in [1.29, 1.82) is 0 Å². The third kappa shape index (κ3) is 9.65. The molecule has 21 heavy (non-hydrogen) atoms. The predicted octanol–water partition coefficient (Wildman–Crippen LogP) is 2.53. The van der Waals surface area contributed by atoms with E-state index in [0.717, 1.165) is 37.9 Å². The molecule has 6 nitrogen and oxygen atoms in total. The third-order valence-corrected chi connectivity index (χ3v) is 2.75. The molecule has 0 aliphatic heterocycles. The van der Waals surface area contributed by atoms with E-state index in [2.05, 4.69) is 46.5 Å². The smallest absolute Gasteiger partial charge is 0.228 e. The zero-order chi connectivity index (χ0) is 14.8. The van der Waals surface area contributed by atoms with Gasteiger partial charge in [0.2, 0.25) is 5.89 Å². The van der Waals surface area contributed by atoms with Crippen LogP contribution in [0.1, 0.15) is 45.3 Å². The second-order valence-corrected chi connectivity index (χ2v) is 5.21. The Labute approximate surface area is 144 Å². The summed E-state index contributed by atoms with van der Waals surface area (Å²) in [5, 5.41) is 10.3. The molecule has 0 aliphatic carbocycles. The molecule has 0 amide bonds. The lowest BCUT2D eigenvalue weighted by atomic mass is 10.1. The van der Waals surface area contributed by atoms with E-state index in [1.54, 1.807) is 0 Å². The number of aryl methyl sites for hydroxylation is 1. The minimum Gasteiger partial charge on any atom is -0.357 e. The standard InChI is InChI=1S/C14H27N5O.HI/c1-5-15-14(16-9-6-7-11(2)3)17-10-8-13-18-12(4)19-20-13;/h11H,5-10H2,1-4H3,(H2,15,16,17);1H. The van der Waals surface area contributed by atoms with E-state index in [4.69, 9.17) is 4.52 Å². The molecule has 0 bridgehead atoms. The van der Waals surface area contributed by atoms with E-state index in [9.17, 15) is 0 Å². The first-order valence-electron chi connectivity index (χ1n) is 7.43. The summed E-state index contributed by atoms with van der Waals surface area (Å²) in [7, 11) is 0. The van der Waals surface area contributed by atoms with Crippen molar-refractivity contribution in [3.8, 4) is 0 Å². The Kier molecular flexibility index (Phi) is 11.3. The van der Waals surface area contributed by atoms with Gasteiger partial charge in [0.05, 0.1) is 0 Å². The summed E-state index contributed by atoms with van der Waals surface area (Å²) in [6.07, 6.45) is 3.04. The summed E-state index contributed by atoms with van der Waals surface area (Å²) in [6.45, 7) is 10.8. The molecule has 0 atom stereocenters. The van der Waals surface area contributed by atoms with E-state index >= 15 is 0 Å². The van der Waals surface area contributed by atoms with Gasteiger partial charge in [-0.25, -0.2) is 0 Å². The van der Waals surface area contributed by atoms with Crippen LogP contribution in [0.25, 0.3) is 0 Å². The number of rotatable bonds is 8. The Balaban J connectivity index is 0.00000400. The highest BCUT2D eigenvalue weighted by Crippen LogP contribution is 2.02. The zero-order valence-electron chi connectivity index (χ0n) is 13.5. The number of aliphatic imine (C=N–C) groups is 1. The van der Waals surface area contributed by atoms with Crippen molar-refractivity contribution in [3.63, 3.8) is 0 Å². The van der Waals surface area contributed by atoms with Crippen LogP contribution in [0.5, 0.6) is 0 Å². The van der Waals surface area contributed by atoms with Gasteiger partial charge in [0.25, 0.3) is 0 Å². The topological polar surface area (TPSA) is 75.3 Å². The largest absolute Gasteiger partial charge is 0.357 e. The molecule has 0 spiro atoms. The lowest BCUT2D eigenvalue weighted by Gasteiger charge is -2.10. The molecule has 1 heterocycles. The average molecular weight is 409 g/mol. The zero-order valence-corrected chi connectivity index (χ0v) is 15.8. The summed E-state index contributed by atoms with van der Waals surface area (Å²) in [5.74, 6) is 2.92. The van der Waals surface area contributed by atoms with Crippen molar-refractivity contribution >= 4 is 29.9 Å². The van der Waals surface area contributed by atoms with Crippen LogP contribution in [0.15, 0.2) is 9.52 Å². The van der Waals surface area contributed by atoms with Crippen molar-refractivity contribution in [2.75, 3.05) is 19.6 Å². The molecule has 1 aromatic rings. The van der Waals surface area contributed by atoms with Gasteiger partial charge < -0.3 is 15.2 Å². The first kappa shape index (κ1) is 20.1. The maximum atomic E-state index is 5.07. The van der Waals surface area contributed by atoms with Gasteiger partial charge in [0.1, 0.15) is 0 Å². The van der Waals surface area contributed by atoms with Crippen LogP contribution in [-0.2, 0) is 6.42 Å². The van der Waals surface area contributed by atoms with Crippen LogP contribution in [0.3, 0.4) is 0 Å². The Bertz CT molecular complexity index is 406. The molecule has 122 valence electrons.